The van der Waals surface area contributed by atoms with E-state index in [4.69, 9.17) is 5.11 Å². The number of carboxylic acid groups (broad SMARTS) is 1. The summed E-state index contributed by atoms with van der Waals surface area (Å²) in [5, 5.41) is 26.0. The lowest BCUT2D eigenvalue weighted by atomic mass is 10.2. The summed E-state index contributed by atoms with van der Waals surface area (Å²) in [6.07, 6.45) is 3.15. The lowest BCUT2D eigenvalue weighted by molar-refractivity contribution is 0.0694. The largest absolute Gasteiger partial charge is 0.507 e. The number of rotatable bonds is 3. The van der Waals surface area contributed by atoms with E-state index >= 15 is 0 Å². The highest BCUT2D eigenvalue weighted by Gasteiger charge is 2.09. The molecular weight excluding hydrogens is 234 g/mol. The molecule has 90 valence electrons. The van der Waals surface area contributed by atoms with Gasteiger partial charge in [0.1, 0.15) is 11.3 Å². The fraction of sp³-hybridized carbons (Fsp3) is 0. The zero-order valence-corrected chi connectivity index (χ0v) is 9.19. The average molecular weight is 243 g/mol. The number of hydrogen-bond acceptors (Lipinski definition) is 5. The third-order valence-electron chi connectivity index (χ3n) is 2.15. The Bertz CT molecular complexity index is 597. The van der Waals surface area contributed by atoms with Gasteiger partial charge in [-0.2, -0.15) is 10.2 Å². The molecule has 0 spiro atoms. The topological polar surface area (TPSA) is 95.1 Å². The van der Waals surface area contributed by atoms with Gasteiger partial charge in [0, 0.05) is 12.4 Å². The van der Waals surface area contributed by atoms with Crippen LogP contribution in [0.4, 0.5) is 11.4 Å². The van der Waals surface area contributed by atoms with Crippen molar-refractivity contribution in [2.24, 2.45) is 10.2 Å². The molecule has 0 radical (unpaired) electrons. The Morgan fingerprint density at radius 2 is 1.72 bits per heavy atom. The van der Waals surface area contributed by atoms with Crippen LogP contribution >= 0.6 is 0 Å². The molecule has 0 amide bonds. The number of hydrogen-bond donors (Lipinski definition) is 2. The quantitative estimate of drug-likeness (QED) is 0.810. The van der Waals surface area contributed by atoms with Gasteiger partial charge in [-0.05, 0) is 30.3 Å². The van der Waals surface area contributed by atoms with Crippen LogP contribution in [0.25, 0.3) is 0 Å². The van der Waals surface area contributed by atoms with Crippen LogP contribution in [0, 0.1) is 0 Å². The van der Waals surface area contributed by atoms with E-state index in [1.807, 2.05) is 0 Å². The summed E-state index contributed by atoms with van der Waals surface area (Å²) in [5.74, 6) is -1.51. The normalized spacial score (nSPS) is 10.7. The second-order valence-electron chi connectivity index (χ2n) is 3.41. The number of carboxylic acids is 1. The Kier molecular flexibility index (Phi) is 3.29. The molecule has 1 aromatic heterocycles. The Balaban J connectivity index is 2.28. The molecule has 0 saturated carbocycles. The van der Waals surface area contributed by atoms with E-state index in [9.17, 15) is 9.90 Å². The first kappa shape index (κ1) is 11.7. The third-order valence-corrected chi connectivity index (χ3v) is 2.15. The molecule has 2 rings (SSSR count). The summed E-state index contributed by atoms with van der Waals surface area (Å²) < 4.78 is 0. The fourth-order valence-electron chi connectivity index (χ4n) is 1.28. The molecule has 1 heterocycles. The lowest BCUT2D eigenvalue weighted by Crippen LogP contribution is -1.95. The predicted octanol–water partition coefficient (Wildman–Crippen LogP) is 2.90. The summed E-state index contributed by atoms with van der Waals surface area (Å²) in [7, 11) is 0. The molecule has 6 heteroatoms. The summed E-state index contributed by atoms with van der Waals surface area (Å²) in [5.41, 5.74) is 0.748. The van der Waals surface area contributed by atoms with Gasteiger partial charge in [-0.3, -0.25) is 4.98 Å². The summed E-state index contributed by atoms with van der Waals surface area (Å²) in [4.78, 5) is 14.6. The first-order chi connectivity index (χ1) is 8.66. The molecule has 6 nitrogen and oxygen atoms in total. The molecular formula is C12H9N3O3. The van der Waals surface area contributed by atoms with Gasteiger partial charge in [-0.1, -0.05) is 0 Å². The highest BCUT2D eigenvalue weighted by Crippen LogP contribution is 2.24. The van der Waals surface area contributed by atoms with E-state index in [0.717, 1.165) is 0 Å². The van der Waals surface area contributed by atoms with Crippen LogP contribution in [0.1, 0.15) is 10.4 Å². The maximum Gasteiger partial charge on any atom is 0.339 e. The standard InChI is InChI=1S/C12H9N3O3/c16-11-2-1-9(7-10(11)12(17)18)15-14-8-3-5-13-6-4-8/h1-7,16H,(H,17,18). The van der Waals surface area contributed by atoms with Crippen molar-refractivity contribution in [3.8, 4) is 5.75 Å². The van der Waals surface area contributed by atoms with Crippen molar-refractivity contribution in [3.05, 3.63) is 48.3 Å². The molecule has 0 bridgehead atoms. The van der Waals surface area contributed by atoms with Crippen molar-refractivity contribution in [1.82, 2.24) is 4.98 Å². The fourth-order valence-corrected chi connectivity index (χ4v) is 1.28. The molecule has 1 aromatic carbocycles. The van der Waals surface area contributed by atoms with Crippen molar-refractivity contribution in [3.63, 3.8) is 0 Å². The molecule has 0 saturated heterocycles. The van der Waals surface area contributed by atoms with Crippen LogP contribution < -0.4 is 0 Å². The molecule has 0 atom stereocenters. The Morgan fingerprint density at radius 1 is 1.06 bits per heavy atom. The van der Waals surface area contributed by atoms with Gasteiger partial charge in [-0.15, -0.1) is 0 Å². The molecule has 0 aliphatic heterocycles. The molecule has 2 N–H and O–H groups in total. The van der Waals surface area contributed by atoms with Crippen LogP contribution in [-0.4, -0.2) is 21.2 Å². The summed E-state index contributed by atoms with van der Waals surface area (Å²) in [6.45, 7) is 0. The Hall–Kier alpha value is -2.76. The van der Waals surface area contributed by atoms with E-state index in [-0.39, 0.29) is 11.3 Å². The SMILES string of the molecule is O=C(O)c1cc(N=Nc2ccncc2)ccc1O. The molecule has 0 aliphatic carbocycles. The predicted molar refractivity (Wildman–Crippen MR) is 63.5 cm³/mol. The third kappa shape index (κ3) is 2.67. The number of benzene rings is 1. The van der Waals surface area contributed by atoms with Crippen LogP contribution in [0.3, 0.4) is 0 Å². The number of azo groups is 1. The zero-order valence-electron chi connectivity index (χ0n) is 9.19. The summed E-state index contributed by atoms with van der Waals surface area (Å²) in [6, 6.07) is 7.34. The van der Waals surface area contributed by atoms with Crippen LogP contribution in [0.15, 0.2) is 53.0 Å². The van der Waals surface area contributed by atoms with Crippen LogP contribution in [-0.2, 0) is 0 Å². The number of aromatic hydroxyl groups is 1. The maximum atomic E-state index is 10.8. The average Bonchev–Trinajstić information content (AvgIpc) is 2.38. The Labute approximate surface area is 102 Å². The van der Waals surface area contributed by atoms with E-state index < -0.39 is 5.97 Å². The van der Waals surface area contributed by atoms with Crippen molar-refractivity contribution in [2.45, 2.75) is 0 Å². The van der Waals surface area contributed by atoms with Gasteiger partial charge in [0.05, 0.1) is 11.4 Å². The van der Waals surface area contributed by atoms with Crippen LogP contribution in [0.2, 0.25) is 0 Å². The number of aromatic nitrogens is 1. The molecule has 0 aliphatic rings. The van der Waals surface area contributed by atoms with Crippen LogP contribution in [0.5, 0.6) is 5.75 Å². The Morgan fingerprint density at radius 3 is 2.39 bits per heavy atom. The number of pyridine rings is 1. The molecule has 0 fully saturated rings. The second-order valence-corrected chi connectivity index (χ2v) is 3.41. The van der Waals surface area contributed by atoms with Gasteiger partial charge < -0.3 is 10.2 Å². The minimum absolute atomic E-state index is 0.207. The number of nitrogens with zero attached hydrogens (tertiary/aromatic N) is 3. The van der Waals surface area contributed by atoms with Gasteiger partial charge in [0.15, 0.2) is 0 Å². The lowest BCUT2D eigenvalue weighted by Gasteiger charge is -1.99. The number of aromatic carboxylic acids is 1. The molecule has 2 aromatic rings. The van der Waals surface area contributed by atoms with E-state index in [2.05, 4.69) is 15.2 Å². The van der Waals surface area contributed by atoms with Crippen molar-refractivity contribution >= 4 is 17.3 Å². The van der Waals surface area contributed by atoms with Crippen molar-refractivity contribution in [2.75, 3.05) is 0 Å². The maximum absolute atomic E-state index is 10.8. The van der Waals surface area contributed by atoms with Crippen molar-refractivity contribution in [1.29, 1.82) is 0 Å². The minimum atomic E-state index is -1.21. The second kappa shape index (κ2) is 5.05. The van der Waals surface area contributed by atoms with Gasteiger partial charge in [-0.25, -0.2) is 4.79 Å². The van der Waals surface area contributed by atoms with E-state index in [1.165, 1.54) is 18.2 Å². The number of carbonyl (C=O) groups is 1. The zero-order chi connectivity index (χ0) is 13.0. The van der Waals surface area contributed by atoms with Gasteiger partial charge in [0.2, 0.25) is 0 Å². The summed E-state index contributed by atoms with van der Waals surface area (Å²) >= 11 is 0. The monoisotopic (exact) mass is 243 g/mol. The highest BCUT2D eigenvalue weighted by atomic mass is 16.4. The highest BCUT2D eigenvalue weighted by molar-refractivity contribution is 5.91. The minimum Gasteiger partial charge on any atom is -0.507 e. The first-order valence-corrected chi connectivity index (χ1v) is 5.05. The van der Waals surface area contributed by atoms with Gasteiger partial charge >= 0.3 is 5.97 Å². The smallest absolute Gasteiger partial charge is 0.339 e. The first-order valence-electron chi connectivity index (χ1n) is 5.05. The van der Waals surface area contributed by atoms with Gasteiger partial charge in [0.25, 0.3) is 0 Å². The molecule has 18 heavy (non-hydrogen) atoms. The van der Waals surface area contributed by atoms with E-state index in [1.54, 1.807) is 24.5 Å². The van der Waals surface area contributed by atoms with Crippen molar-refractivity contribution < 1.29 is 15.0 Å². The van der Waals surface area contributed by atoms with E-state index in [0.29, 0.717) is 11.4 Å². The molecule has 0 unspecified atom stereocenters. The number of phenols is 1.